The number of hydrogen-bond acceptors (Lipinski definition) is 14. The lowest BCUT2D eigenvalue weighted by Crippen LogP contribution is -2.59. The largest absolute Gasteiger partial charge is 0.487 e. The molecule has 12 rings (SSSR count). The van der Waals surface area contributed by atoms with Gasteiger partial charge in [-0.1, -0.05) is 58.7 Å². The van der Waals surface area contributed by atoms with Crippen molar-refractivity contribution in [3.8, 4) is 22.7 Å². The van der Waals surface area contributed by atoms with Crippen LogP contribution in [-0.4, -0.2) is 126 Å². The Balaban J connectivity index is 0.775. The molecule has 2 aromatic heterocycles. The summed E-state index contributed by atoms with van der Waals surface area (Å²) < 4.78 is 109. The number of fused-ring (bicyclic) bond motifs is 2. The lowest BCUT2D eigenvalue weighted by molar-refractivity contribution is -0.322. The first-order chi connectivity index (χ1) is 39.8. The number of likely N-dealkylation sites (tertiary alicyclic amines) is 1. The number of imide groups is 1. The lowest BCUT2D eigenvalue weighted by atomic mass is 9.90. The highest BCUT2D eigenvalue weighted by molar-refractivity contribution is 6.31. The van der Waals surface area contributed by atoms with Crippen LogP contribution in [0, 0.1) is 18.6 Å². The molecular weight excluding hydrogens is 1140 g/mol. The number of piperidine rings is 1. The van der Waals surface area contributed by atoms with Crippen LogP contribution in [0.2, 0.25) is 10.0 Å². The topological polar surface area (TPSA) is 223 Å². The maximum Gasteiger partial charge on any atom is 0.418 e. The summed E-state index contributed by atoms with van der Waals surface area (Å²) in [5.41, 5.74) is 0.681. The first-order valence-corrected chi connectivity index (χ1v) is 26.7. The molecule has 27 heteroatoms. The number of benzene rings is 5. The van der Waals surface area contributed by atoms with Gasteiger partial charge in [-0.2, -0.15) is 18.3 Å². The van der Waals surface area contributed by atoms with Crippen molar-refractivity contribution in [3.63, 3.8) is 0 Å². The maximum absolute atomic E-state index is 14.9. The van der Waals surface area contributed by atoms with E-state index in [1.54, 1.807) is 72.8 Å². The average molecular weight is 1180 g/mol. The number of nitrogens with zero attached hydrogens (tertiary/aromatic N) is 8. The summed E-state index contributed by atoms with van der Waals surface area (Å²) in [6.45, 7) is 1.02. The van der Waals surface area contributed by atoms with Gasteiger partial charge in [-0.3, -0.25) is 29.3 Å². The number of aromatic nitrogens is 6. The van der Waals surface area contributed by atoms with Crippen LogP contribution in [0.25, 0.3) is 16.9 Å². The minimum atomic E-state index is -4.89. The van der Waals surface area contributed by atoms with Gasteiger partial charge in [-0.05, 0) is 91.7 Å². The SMILES string of the molecule is Cc1nc([C@@H]2O[C@@H]3COC(c4ccccc4)O[C@@H]3[C@H](n3cc(-c4cc(F)c(Cl)c(F)c4)nn3)[C@H]2OCC(=O)N2CC(Oc3ccc(C(=O)Nc4ccc5c(c4)CN(C4CCC(=O)NC4=O)C5=O)cc3)C2)n(-c2cc(Cl)ccc2C(F)(F)F)n1. The second-order valence-electron chi connectivity index (χ2n) is 20.3. The van der Waals surface area contributed by atoms with Gasteiger partial charge in [0.05, 0.1) is 37.1 Å². The van der Waals surface area contributed by atoms with Crippen LogP contribution in [0.15, 0.2) is 109 Å². The number of carbonyl (C=O) groups is 5. The van der Waals surface area contributed by atoms with Gasteiger partial charge in [0.25, 0.3) is 11.8 Å². The molecule has 7 atom stereocenters. The van der Waals surface area contributed by atoms with Crippen molar-refractivity contribution in [2.75, 3.05) is 31.6 Å². The van der Waals surface area contributed by atoms with Crippen LogP contribution in [-0.2, 0) is 46.1 Å². The fourth-order valence-electron chi connectivity index (χ4n) is 10.8. The van der Waals surface area contributed by atoms with E-state index in [0.29, 0.717) is 28.1 Å². The van der Waals surface area contributed by atoms with Gasteiger partial charge in [0.2, 0.25) is 17.7 Å². The zero-order chi connectivity index (χ0) is 58.0. The minimum Gasteiger partial charge on any atom is -0.487 e. The monoisotopic (exact) mass is 1180 g/mol. The fourth-order valence-corrected chi connectivity index (χ4v) is 11.0. The highest BCUT2D eigenvalue weighted by atomic mass is 35.5. The van der Waals surface area contributed by atoms with E-state index in [1.807, 2.05) is 0 Å². The Hall–Kier alpha value is -8.20. The van der Waals surface area contributed by atoms with Gasteiger partial charge in [0.15, 0.2) is 12.1 Å². The summed E-state index contributed by atoms with van der Waals surface area (Å²) in [6, 6.07) is 23.0. The number of halogens is 7. The molecule has 0 aliphatic carbocycles. The van der Waals surface area contributed by atoms with Crippen molar-refractivity contribution >= 4 is 58.4 Å². The smallest absolute Gasteiger partial charge is 0.418 e. The van der Waals surface area contributed by atoms with E-state index in [-0.39, 0.29) is 78.5 Å². The Bertz CT molecular complexity index is 3690. The summed E-state index contributed by atoms with van der Waals surface area (Å²) in [5, 5.41) is 17.3. The number of rotatable bonds is 13. The number of alkyl halides is 3. The predicted octanol–water partition coefficient (Wildman–Crippen LogP) is 7.92. The average Bonchev–Trinajstić information content (AvgIpc) is 2.46. The molecule has 4 fully saturated rings. The maximum atomic E-state index is 14.9. The van der Waals surface area contributed by atoms with E-state index in [0.717, 1.165) is 35.0 Å². The number of carbonyl (C=O) groups excluding carboxylic acids is 5. The molecule has 5 aliphatic rings. The molecule has 7 heterocycles. The molecule has 0 radical (unpaired) electrons. The Morgan fingerprint density at radius 2 is 1.67 bits per heavy atom. The van der Waals surface area contributed by atoms with Gasteiger partial charge >= 0.3 is 6.18 Å². The second-order valence-corrected chi connectivity index (χ2v) is 21.1. The van der Waals surface area contributed by atoms with Crippen molar-refractivity contribution in [2.24, 2.45) is 0 Å². The molecule has 5 aliphatic heterocycles. The third kappa shape index (κ3) is 11.0. The number of nitrogens with one attached hydrogen (secondary N) is 2. The van der Waals surface area contributed by atoms with Crippen LogP contribution in [0.4, 0.5) is 27.6 Å². The number of aryl methyl sites for hydroxylation is 1. The molecule has 2 unspecified atom stereocenters. The van der Waals surface area contributed by atoms with Crippen molar-refractivity contribution in [1.82, 2.24) is 44.9 Å². The highest BCUT2D eigenvalue weighted by Gasteiger charge is 2.54. The first kappa shape index (κ1) is 55.3. The van der Waals surface area contributed by atoms with Gasteiger partial charge < -0.3 is 38.8 Å². The third-order valence-electron chi connectivity index (χ3n) is 14.8. The molecule has 2 N–H and O–H groups in total. The predicted molar refractivity (Wildman–Crippen MR) is 281 cm³/mol. The van der Waals surface area contributed by atoms with Crippen molar-refractivity contribution in [1.29, 1.82) is 0 Å². The van der Waals surface area contributed by atoms with Crippen LogP contribution in [0.3, 0.4) is 0 Å². The van der Waals surface area contributed by atoms with Crippen LogP contribution in [0.5, 0.6) is 5.75 Å². The molecule has 7 aromatic rings. The summed E-state index contributed by atoms with van der Waals surface area (Å²) >= 11 is 12.1. The lowest BCUT2D eigenvalue weighted by Gasteiger charge is -2.49. The van der Waals surface area contributed by atoms with Gasteiger partial charge in [0, 0.05) is 45.9 Å². The van der Waals surface area contributed by atoms with Gasteiger partial charge in [-0.25, -0.2) is 23.1 Å². The van der Waals surface area contributed by atoms with E-state index in [9.17, 15) is 45.9 Å². The Labute approximate surface area is 477 Å². The Morgan fingerprint density at radius 3 is 2.41 bits per heavy atom. The normalized spacial score (nSPS) is 22.7. The molecule has 5 amide bonds. The molecule has 0 spiro atoms. The van der Waals surface area contributed by atoms with E-state index in [2.05, 4.69) is 31.0 Å². The van der Waals surface area contributed by atoms with Gasteiger partial charge in [-0.15, -0.1) is 5.10 Å². The van der Waals surface area contributed by atoms with Gasteiger partial charge in [0.1, 0.15) is 83.1 Å². The van der Waals surface area contributed by atoms with E-state index in [4.69, 9.17) is 46.9 Å². The number of anilines is 1. The van der Waals surface area contributed by atoms with Crippen molar-refractivity contribution in [2.45, 2.75) is 81.4 Å². The quantitative estimate of drug-likeness (QED) is 0.0636. The molecule has 0 bridgehead atoms. The van der Waals surface area contributed by atoms with E-state index >= 15 is 0 Å². The first-order valence-electron chi connectivity index (χ1n) is 25.9. The standard InChI is InChI=1S/C56H45Cl2F5N10O10/c1-27-64-51(73(68-27)42-20-32(57)9-14-37(42)56(61,62)63)50-49(47(48-43(82-50)25-80-55(83-48)29-5-3-2-4-6-29)72-24-40(67-69-72)30-18-38(59)46(58)39(60)19-30)79-26-45(75)70-22-35(23-70)81-34-11-7-28(8-12-34)52(76)65-33-10-13-36-31(17-33)21-71(54(36)78)41-15-16-44(74)66-53(41)77/h2-14,17-20,24,35,41,43,47-50,55H,15-16,21-23,25-26H2,1H3,(H,65,76)(H,66,74,77)/t41?,43-,47+,48+,49-,50-,55?/m1/s1. The summed E-state index contributed by atoms with van der Waals surface area (Å²) in [4.78, 5) is 72.3. The molecule has 5 aromatic carbocycles. The number of hydrogen-bond donors (Lipinski definition) is 2. The molecule has 428 valence electrons. The van der Waals surface area contributed by atoms with E-state index < -0.39 is 113 Å². The third-order valence-corrected chi connectivity index (χ3v) is 15.4. The fraction of sp³-hybridized carbons (Fsp3) is 0.304. The summed E-state index contributed by atoms with van der Waals surface area (Å²) in [5.74, 6) is -4.13. The molecular formula is C56H45Cl2F5N10O10. The Morgan fingerprint density at radius 1 is 0.916 bits per heavy atom. The second kappa shape index (κ2) is 22.2. The zero-order valence-corrected chi connectivity index (χ0v) is 44.8. The highest BCUT2D eigenvalue weighted by Crippen LogP contribution is 2.47. The summed E-state index contributed by atoms with van der Waals surface area (Å²) in [7, 11) is 0. The molecule has 4 saturated heterocycles. The van der Waals surface area contributed by atoms with Crippen LogP contribution in [0.1, 0.15) is 80.3 Å². The number of amides is 5. The van der Waals surface area contributed by atoms with Crippen molar-refractivity contribution < 1.29 is 69.6 Å². The van der Waals surface area contributed by atoms with Crippen molar-refractivity contribution in [3.05, 3.63) is 170 Å². The van der Waals surface area contributed by atoms with Crippen LogP contribution >= 0.6 is 23.2 Å². The number of ether oxygens (including phenoxy) is 5. The molecule has 20 nitrogen and oxygen atoms in total. The van der Waals surface area contributed by atoms with E-state index in [1.165, 1.54) is 27.6 Å². The van der Waals surface area contributed by atoms with Crippen LogP contribution < -0.4 is 15.4 Å². The summed E-state index contributed by atoms with van der Waals surface area (Å²) in [6.07, 6.45) is -9.67. The molecule has 0 saturated carbocycles. The minimum absolute atomic E-state index is 0.0183. The molecule has 83 heavy (non-hydrogen) atoms. The Kier molecular flexibility index (Phi) is 14.8. The zero-order valence-electron chi connectivity index (χ0n) is 43.3.